The van der Waals surface area contributed by atoms with Gasteiger partial charge in [0.1, 0.15) is 11.5 Å². The number of aryl methyl sites for hydroxylation is 1. The molecule has 106 valence electrons. The van der Waals surface area contributed by atoms with E-state index in [9.17, 15) is 0 Å². The van der Waals surface area contributed by atoms with Gasteiger partial charge in [0, 0.05) is 12.1 Å². The van der Waals surface area contributed by atoms with Crippen LogP contribution >= 0.6 is 0 Å². The van der Waals surface area contributed by atoms with Crippen LogP contribution in [0.4, 0.5) is 0 Å². The maximum Gasteiger partial charge on any atom is 0.125 e. The quantitative estimate of drug-likeness (QED) is 0.694. The molecule has 2 rings (SSSR count). The maximum atomic E-state index is 5.41. The molecule has 19 heavy (non-hydrogen) atoms. The van der Waals surface area contributed by atoms with Gasteiger partial charge in [0.15, 0.2) is 0 Å². The molecule has 1 aromatic rings. The molecule has 1 aliphatic carbocycles. The van der Waals surface area contributed by atoms with Crippen molar-refractivity contribution in [3.8, 4) is 11.5 Å². The van der Waals surface area contributed by atoms with Gasteiger partial charge < -0.3 is 14.8 Å². The molecule has 1 aliphatic rings. The van der Waals surface area contributed by atoms with Crippen molar-refractivity contribution in [3.63, 3.8) is 0 Å². The summed E-state index contributed by atoms with van der Waals surface area (Å²) in [5.74, 6) is 1.80. The van der Waals surface area contributed by atoms with Crippen molar-refractivity contribution in [2.24, 2.45) is 0 Å². The van der Waals surface area contributed by atoms with Gasteiger partial charge in [0.2, 0.25) is 0 Å². The van der Waals surface area contributed by atoms with E-state index in [0.717, 1.165) is 24.0 Å². The van der Waals surface area contributed by atoms with Crippen molar-refractivity contribution in [1.29, 1.82) is 0 Å². The SMILES string of the molecule is COc1ccc(CCCCCNC2CC2)c(OC)c1. The molecule has 3 nitrogen and oxygen atoms in total. The fourth-order valence-corrected chi connectivity index (χ4v) is 2.27. The lowest BCUT2D eigenvalue weighted by molar-refractivity contribution is 0.390. The molecule has 1 saturated carbocycles. The number of methoxy groups -OCH3 is 2. The van der Waals surface area contributed by atoms with Crippen LogP contribution in [0.15, 0.2) is 18.2 Å². The summed E-state index contributed by atoms with van der Waals surface area (Å²) in [5.41, 5.74) is 1.28. The fraction of sp³-hybridized carbons (Fsp3) is 0.625. The average molecular weight is 263 g/mol. The van der Waals surface area contributed by atoms with Crippen LogP contribution in [0.25, 0.3) is 0 Å². The van der Waals surface area contributed by atoms with Gasteiger partial charge in [0.05, 0.1) is 14.2 Å². The third-order valence-electron chi connectivity index (χ3n) is 3.63. The van der Waals surface area contributed by atoms with Gasteiger partial charge in [0.25, 0.3) is 0 Å². The molecule has 1 aromatic carbocycles. The van der Waals surface area contributed by atoms with E-state index in [0.29, 0.717) is 0 Å². The molecule has 0 aromatic heterocycles. The molecule has 0 atom stereocenters. The minimum absolute atomic E-state index is 0.835. The van der Waals surface area contributed by atoms with Crippen LogP contribution < -0.4 is 14.8 Å². The monoisotopic (exact) mass is 263 g/mol. The first-order valence-electron chi connectivity index (χ1n) is 7.28. The molecule has 0 saturated heterocycles. The summed E-state index contributed by atoms with van der Waals surface area (Å²) in [4.78, 5) is 0. The molecule has 1 fully saturated rings. The lowest BCUT2D eigenvalue weighted by Crippen LogP contribution is -2.17. The van der Waals surface area contributed by atoms with E-state index in [1.54, 1.807) is 14.2 Å². The van der Waals surface area contributed by atoms with E-state index in [4.69, 9.17) is 9.47 Å². The van der Waals surface area contributed by atoms with Gasteiger partial charge in [-0.25, -0.2) is 0 Å². The van der Waals surface area contributed by atoms with E-state index in [2.05, 4.69) is 11.4 Å². The van der Waals surface area contributed by atoms with Gasteiger partial charge in [-0.2, -0.15) is 0 Å². The number of rotatable bonds is 9. The first-order chi connectivity index (χ1) is 9.33. The second-order valence-corrected chi connectivity index (χ2v) is 5.22. The predicted molar refractivity (Wildman–Crippen MR) is 78.1 cm³/mol. The highest BCUT2D eigenvalue weighted by Crippen LogP contribution is 2.26. The Labute approximate surface area is 116 Å². The molecular weight excluding hydrogens is 238 g/mol. The number of unbranched alkanes of at least 4 members (excludes halogenated alkanes) is 2. The second-order valence-electron chi connectivity index (χ2n) is 5.22. The number of nitrogens with one attached hydrogen (secondary N) is 1. The average Bonchev–Trinajstić information content (AvgIpc) is 3.26. The molecule has 0 aliphatic heterocycles. The Hall–Kier alpha value is -1.22. The highest BCUT2D eigenvalue weighted by atomic mass is 16.5. The van der Waals surface area contributed by atoms with Crippen LogP contribution in [0.2, 0.25) is 0 Å². The van der Waals surface area contributed by atoms with Crippen LogP contribution in [0, 0.1) is 0 Å². The minimum Gasteiger partial charge on any atom is -0.497 e. The summed E-state index contributed by atoms with van der Waals surface area (Å²) in [7, 11) is 3.40. The van der Waals surface area contributed by atoms with Gasteiger partial charge in [-0.05, 0) is 50.3 Å². The normalized spacial score (nSPS) is 14.4. The highest BCUT2D eigenvalue weighted by Gasteiger charge is 2.19. The van der Waals surface area contributed by atoms with Crippen molar-refractivity contribution < 1.29 is 9.47 Å². The van der Waals surface area contributed by atoms with Gasteiger partial charge in [-0.15, -0.1) is 0 Å². The zero-order valence-corrected chi connectivity index (χ0v) is 12.1. The highest BCUT2D eigenvalue weighted by molar-refractivity contribution is 5.40. The van der Waals surface area contributed by atoms with Crippen molar-refractivity contribution in [3.05, 3.63) is 23.8 Å². The van der Waals surface area contributed by atoms with Crippen molar-refractivity contribution in [1.82, 2.24) is 5.32 Å². The van der Waals surface area contributed by atoms with Crippen LogP contribution in [0.1, 0.15) is 37.7 Å². The summed E-state index contributed by atoms with van der Waals surface area (Å²) in [6.07, 6.45) is 7.60. The molecular formula is C16H25NO2. The predicted octanol–water partition coefficient (Wildman–Crippen LogP) is 3.17. The first-order valence-corrected chi connectivity index (χ1v) is 7.28. The third-order valence-corrected chi connectivity index (χ3v) is 3.63. The molecule has 1 N–H and O–H groups in total. The van der Waals surface area contributed by atoms with Gasteiger partial charge in [-0.3, -0.25) is 0 Å². The zero-order chi connectivity index (χ0) is 13.5. The van der Waals surface area contributed by atoms with Gasteiger partial charge in [-0.1, -0.05) is 12.5 Å². The summed E-state index contributed by atoms with van der Waals surface area (Å²) < 4.78 is 10.6. The topological polar surface area (TPSA) is 30.5 Å². The standard InChI is InChI=1S/C16H25NO2/c1-18-15-10-7-13(16(12-15)19-2)6-4-3-5-11-17-14-8-9-14/h7,10,12,14,17H,3-6,8-9,11H2,1-2H3. The molecule has 0 heterocycles. The number of benzene rings is 1. The summed E-state index contributed by atoms with van der Waals surface area (Å²) in [5, 5.41) is 3.55. The van der Waals surface area contributed by atoms with Crippen molar-refractivity contribution in [2.45, 2.75) is 44.6 Å². The summed E-state index contributed by atoms with van der Waals surface area (Å²) in [6.45, 7) is 1.17. The van der Waals surface area contributed by atoms with Gasteiger partial charge >= 0.3 is 0 Å². The molecule has 0 spiro atoms. The van der Waals surface area contributed by atoms with Crippen LogP contribution in [-0.4, -0.2) is 26.8 Å². The molecule has 0 unspecified atom stereocenters. The van der Waals surface area contributed by atoms with E-state index in [1.165, 1.54) is 44.2 Å². The molecule has 0 amide bonds. The molecule has 3 heteroatoms. The zero-order valence-electron chi connectivity index (χ0n) is 12.1. The van der Waals surface area contributed by atoms with E-state index >= 15 is 0 Å². The second kappa shape index (κ2) is 7.39. The maximum absolute atomic E-state index is 5.41. The van der Waals surface area contributed by atoms with E-state index < -0.39 is 0 Å². The largest absolute Gasteiger partial charge is 0.497 e. The molecule has 0 radical (unpaired) electrons. The third kappa shape index (κ3) is 4.75. The van der Waals surface area contributed by atoms with Crippen LogP contribution in [-0.2, 0) is 6.42 Å². The van der Waals surface area contributed by atoms with Crippen molar-refractivity contribution in [2.75, 3.05) is 20.8 Å². The fourth-order valence-electron chi connectivity index (χ4n) is 2.27. The summed E-state index contributed by atoms with van der Waals surface area (Å²) in [6, 6.07) is 6.91. The lowest BCUT2D eigenvalue weighted by atomic mass is 10.1. The van der Waals surface area contributed by atoms with E-state index in [-0.39, 0.29) is 0 Å². The number of ether oxygens (including phenoxy) is 2. The minimum atomic E-state index is 0.835. The van der Waals surface area contributed by atoms with Crippen LogP contribution in [0.3, 0.4) is 0 Å². The smallest absolute Gasteiger partial charge is 0.125 e. The van der Waals surface area contributed by atoms with Crippen LogP contribution in [0.5, 0.6) is 11.5 Å². The Kier molecular flexibility index (Phi) is 5.52. The Morgan fingerprint density at radius 1 is 1.11 bits per heavy atom. The first kappa shape index (κ1) is 14.2. The molecule has 0 bridgehead atoms. The van der Waals surface area contributed by atoms with E-state index in [1.807, 2.05) is 12.1 Å². The number of hydrogen-bond acceptors (Lipinski definition) is 3. The Bertz CT molecular complexity index is 388. The van der Waals surface area contributed by atoms with Crippen molar-refractivity contribution >= 4 is 0 Å². The number of hydrogen-bond donors (Lipinski definition) is 1. The lowest BCUT2D eigenvalue weighted by Gasteiger charge is -2.10. The Balaban J connectivity index is 1.68. The Morgan fingerprint density at radius 3 is 2.63 bits per heavy atom. The summed E-state index contributed by atoms with van der Waals surface area (Å²) >= 11 is 0. The Morgan fingerprint density at radius 2 is 1.95 bits per heavy atom.